The van der Waals surface area contributed by atoms with Gasteiger partial charge in [0.2, 0.25) is 0 Å². The molecule has 20 heavy (non-hydrogen) atoms. The van der Waals surface area contributed by atoms with Gasteiger partial charge in [-0.3, -0.25) is 9.69 Å². The van der Waals surface area contributed by atoms with Gasteiger partial charge in [0, 0.05) is 32.7 Å². The molecule has 0 radical (unpaired) electrons. The molecule has 1 aromatic rings. The minimum atomic E-state index is -0.0646. The largest absolute Gasteiger partial charge is 0.335 e. The van der Waals surface area contributed by atoms with Crippen LogP contribution in [0.15, 0.2) is 12.1 Å². The fourth-order valence-electron chi connectivity index (χ4n) is 2.34. The van der Waals surface area contributed by atoms with Crippen molar-refractivity contribution in [1.82, 2.24) is 20.0 Å². The molecule has 0 unspecified atom stereocenters. The van der Waals surface area contributed by atoms with E-state index in [4.69, 9.17) is 5.84 Å². The predicted octanol–water partition coefficient (Wildman–Crippen LogP) is 0.176. The second-order valence-electron chi connectivity index (χ2n) is 5.43. The van der Waals surface area contributed by atoms with E-state index in [1.54, 1.807) is 12.1 Å². The maximum atomic E-state index is 12.3. The number of carbonyl (C=O) groups excluding carboxylic acids is 1. The Morgan fingerprint density at radius 2 is 2.00 bits per heavy atom. The van der Waals surface area contributed by atoms with Crippen LogP contribution < -0.4 is 11.3 Å². The maximum Gasteiger partial charge on any atom is 0.274 e. The molecule has 2 heterocycles. The second-order valence-corrected chi connectivity index (χ2v) is 5.43. The summed E-state index contributed by atoms with van der Waals surface area (Å²) in [4.78, 5) is 16.5. The van der Waals surface area contributed by atoms with E-state index < -0.39 is 0 Å². The van der Waals surface area contributed by atoms with Gasteiger partial charge in [-0.2, -0.15) is 0 Å². The van der Waals surface area contributed by atoms with Crippen molar-refractivity contribution in [3.63, 3.8) is 0 Å². The molecule has 0 aromatic carbocycles. The van der Waals surface area contributed by atoms with E-state index in [0.29, 0.717) is 17.4 Å². The zero-order valence-electron chi connectivity index (χ0n) is 12.0. The lowest BCUT2D eigenvalue weighted by atomic mass is 10.2. The van der Waals surface area contributed by atoms with Crippen molar-refractivity contribution in [2.75, 3.05) is 38.1 Å². The second kappa shape index (κ2) is 6.62. The number of hydrogen-bond acceptors (Lipinski definition) is 6. The van der Waals surface area contributed by atoms with E-state index in [2.05, 4.69) is 34.4 Å². The molecule has 3 N–H and O–H groups in total. The van der Waals surface area contributed by atoms with Crippen molar-refractivity contribution in [2.45, 2.75) is 13.8 Å². The van der Waals surface area contributed by atoms with Gasteiger partial charge >= 0.3 is 0 Å². The van der Waals surface area contributed by atoms with E-state index in [0.717, 1.165) is 32.7 Å². The summed E-state index contributed by atoms with van der Waals surface area (Å²) in [5.74, 6) is 6.26. The van der Waals surface area contributed by atoms with Gasteiger partial charge in [-0.05, 0) is 18.1 Å². The minimum absolute atomic E-state index is 0.0646. The van der Waals surface area contributed by atoms with Gasteiger partial charge in [-0.1, -0.05) is 13.8 Å². The highest BCUT2D eigenvalue weighted by Crippen LogP contribution is 2.09. The first-order valence-corrected chi connectivity index (χ1v) is 6.92. The molecule has 0 bridgehead atoms. The van der Waals surface area contributed by atoms with E-state index in [1.807, 2.05) is 4.90 Å². The predicted molar refractivity (Wildman–Crippen MR) is 77.0 cm³/mol. The first kappa shape index (κ1) is 14.7. The zero-order valence-corrected chi connectivity index (χ0v) is 12.0. The lowest BCUT2D eigenvalue weighted by molar-refractivity contribution is 0.0617. The van der Waals surface area contributed by atoms with Crippen molar-refractivity contribution < 1.29 is 4.79 Å². The summed E-state index contributed by atoms with van der Waals surface area (Å²) in [7, 11) is 0. The van der Waals surface area contributed by atoms with Crippen LogP contribution >= 0.6 is 0 Å². The Hall–Kier alpha value is -1.73. The number of hydrazine groups is 1. The maximum absolute atomic E-state index is 12.3. The highest BCUT2D eigenvalue weighted by molar-refractivity contribution is 5.92. The Morgan fingerprint density at radius 3 is 2.50 bits per heavy atom. The molecule has 7 nitrogen and oxygen atoms in total. The van der Waals surface area contributed by atoms with Gasteiger partial charge in [-0.25, -0.2) is 5.84 Å². The number of amides is 1. The quantitative estimate of drug-likeness (QED) is 0.603. The molecular weight excluding hydrogens is 256 g/mol. The monoisotopic (exact) mass is 278 g/mol. The highest BCUT2D eigenvalue weighted by Gasteiger charge is 2.23. The standard InChI is InChI=1S/C13H22N6O/c1-10(2)9-18-5-7-19(8-6-18)13(20)11-3-4-12(15-14)17-16-11/h3-4,10H,5-9,14H2,1-2H3,(H,15,17). The average molecular weight is 278 g/mol. The summed E-state index contributed by atoms with van der Waals surface area (Å²) in [5.41, 5.74) is 2.75. The average Bonchev–Trinajstić information content (AvgIpc) is 2.47. The minimum Gasteiger partial charge on any atom is -0.335 e. The van der Waals surface area contributed by atoms with Crippen molar-refractivity contribution in [3.05, 3.63) is 17.8 Å². The molecule has 0 saturated carbocycles. The number of nitrogen functional groups attached to an aromatic ring is 1. The third kappa shape index (κ3) is 3.64. The van der Waals surface area contributed by atoms with Crippen LogP contribution in [-0.4, -0.2) is 58.6 Å². The zero-order chi connectivity index (χ0) is 14.5. The van der Waals surface area contributed by atoms with E-state index in [1.165, 1.54) is 0 Å². The molecule has 7 heteroatoms. The molecule has 2 rings (SSSR count). The molecule has 1 aromatic heterocycles. The number of piperazine rings is 1. The van der Waals surface area contributed by atoms with Gasteiger partial charge in [0.25, 0.3) is 5.91 Å². The Labute approximate surface area is 119 Å². The summed E-state index contributed by atoms with van der Waals surface area (Å²) >= 11 is 0. The summed E-state index contributed by atoms with van der Waals surface area (Å²) in [5, 5.41) is 7.72. The third-order valence-electron chi connectivity index (χ3n) is 3.31. The molecule has 110 valence electrons. The van der Waals surface area contributed by atoms with Gasteiger partial charge < -0.3 is 10.3 Å². The van der Waals surface area contributed by atoms with Crippen LogP contribution in [-0.2, 0) is 0 Å². The molecule has 0 atom stereocenters. The molecule has 1 aliphatic rings. The van der Waals surface area contributed by atoms with Gasteiger partial charge in [-0.15, -0.1) is 10.2 Å². The number of carbonyl (C=O) groups is 1. The van der Waals surface area contributed by atoms with Crippen LogP contribution in [0.4, 0.5) is 5.82 Å². The van der Waals surface area contributed by atoms with Crippen molar-refractivity contribution in [2.24, 2.45) is 11.8 Å². The Morgan fingerprint density at radius 1 is 1.30 bits per heavy atom. The number of aromatic nitrogens is 2. The SMILES string of the molecule is CC(C)CN1CCN(C(=O)c2ccc(NN)nn2)CC1. The topological polar surface area (TPSA) is 87.4 Å². The summed E-state index contributed by atoms with van der Waals surface area (Å²) in [6.07, 6.45) is 0. The highest BCUT2D eigenvalue weighted by atomic mass is 16.2. The lowest BCUT2D eigenvalue weighted by Crippen LogP contribution is -2.49. The van der Waals surface area contributed by atoms with E-state index in [-0.39, 0.29) is 5.91 Å². The van der Waals surface area contributed by atoms with Gasteiger partial charge in [0.15, 0.2) is 11.5 Å². The molecule has 1 saturated heterocycles. The molecule has 1 fully saturated rings. The van der Waals surface area contributed by atoms with Crippen LogP contribution in [0.25, 0.3) is 0 Å². The number of nitrogens with zero attached hydrogens (tertiary/aromatic N) is 4. The normalized spacial score (nSPS) is 16.5. The number of nitrogens with one attached hydrogen (secondary N) is 1. The number of rotatable bonds is 4. The first-order chi connectivity index (χ1) is 9.60. The van der Waals surface area contributed by atoms with Crippen molar-refractivity contribution in [3.8, 4) is 0 Å². The summed E-state index contributed by atoms with van der Waals surface area (Å²) in [6.45, 7) is 8.81. The van der Waals surface area contributed by atoms with Crippen LogP contribution in [0, 0.1) is 5.92 Å². The Bertz CT molecular complexity index is 439. The Kier molecular flexibility index (Phi) is 4.86. The molecular formula is C13H22N6O. The smallest absolute Gasteiger partial charge is 0.274 e. The van der Waals surface area contributed by atoms with Gasteiger partial charge in [0.1, 0.15) is 0 Å². The molecule has 1 amide bonds. The van der Waals surface area contributed by atoms with Crippen LogP contribution in [0.3, 0.4) is 0 Å². The van der Waals surface area contributed by atoms with Crippen LogP contribution in [0.5, 0.6) is 0 Å². The number of nitrogens with two attached hydrogens (primary N) is 1. The van der Waals surface area contributed by atoms with Crippen molar-refractivity contribution >= 4 is 11.7 Å². The van der Waals surface area contributed by atoms with Crippen LogP contribution in [0.2, 0.25) is 0 Å². The van der Waals surface area contributed by atoms with E-state index in [9.17, 15) is 4.79 Å². The van der Waals surface area contributed by atoms with Crippen LogP contribution in [0.1, 0.15) is 24.3 Å². The summed E-state index contributed by atoms with van der Waals surface area (Å²) in [6, 6.07) is 3.29. The molecule has 0 spiro atoms. The fourth-order valence-corrected chi connectivity index (χ4v) is 2.34. The Balaban J connectivity index is 1.90. The summed E-state index contributed by atoms with van der Waals surface area (Å²) < 4.78 is 0. The number of anilines is 1. The first-order valence-electron chi connectivity index (χ1n) is 6.92. The lowest BCUT2D eigenvalue weighted by Gasteiger charge is -2.35. The van der Waals surface area contributed by atoms with E-state index >= 15 is 0 Å². The molecule has 1 aliphatic heterocycles. The molecule has 0 aliphatic carbocycles. The number of hydrogen-bond donors (Lipinski definition) is 2. The van der Waals surface area contributed by atoms with Gasteiger partial charge in [0.05, 0.1) is 0 Å². The van der Waals surface area contributed by atoms with Crippen molar-refractivity contribution in [1.29, 1.82) is 0 Å². The third-order valence-corrected chi connectivity index (χ3v) is 3.31. The fraction of sp³-hybridized carbons (Fsp3) is 0.615.